The van der Waals surface area contributed by atoms with Crippen molar-refractivity contribution < 1.29 is 9.18 Å². The molecular weight excluding hydrogens is 181 g/mol. The van der Waals surface area contributed by atoms with E-state index in [1.807, 2.05) is 13.8 Å². The number of carbonyl (C=O) groups excluding carboxylic acids is 1. The van der Waals surface area contributed by atoms with Crippen LogP contribution in [0.3, 0.4) is 0 Å². The third-order valence-electron chi connectivity index (χ3n) is 2.05. The maximum Gasteiger partial charge on any atom is 0.253 e. The molecule has 0 aliphatic heterocycles. The summed E-state index contributed by atoms with van der Waals surface area (Å²) in [6.07, 6.45) is 0. The lowest BCUT2D eigenvalue weighted by Crippen LogP contribution is -2.30. The normalized spacial score (nSPS) is 9.93. The van der Waals surface area contributed by atoms with Crippen molar-refractivity contribution in [1.82, 2.24) is 4.90 Å². The summed E-state index contributed by atoms with van der Waals surface area (Å²) in [4.78, 5) is 13.3. The third-order valence-corrected chi connectivity index (χ3v) is 2.05. The topological polar surface area (TPSA) is 20.3 Å². The third kappa shape index (κ3) is 2.31. The van der Waals surface area contributed by atoms with Gasteiger partial charge in [-0.3, -0.25) is 4.79 Å². The molecule has 0 spiro atoms. The number of benzene rings is 1. The fraction of sp³-hybridized carbons (Fsp3) is 0.364. The van der Waals surface area contributed by atoms with E-state index in [-0.39, 0.29) is 5.91 Å². The van der Waals surface area contributed by atoms with Crippen LogP contribution >= 0.6 is 0 Å². The van der Waals surface area contributed by atoms with Crippen LogP contribution < -0.4 is 0 Å². The summed E-state index contributed by atoms with van der Waals surface area (Å²) >= 11 is 0. The SMILES string of the molecule is CCN(CC)C(=O)c1c[c]cc(F)c1. The van der Waals surface area contributed by atoms with E-state index < -0.39 is 5.82 Å². The molecule has 3 heteroatoms. The molecule has 0 aliphatic carbocycles. The Hall–Kier alpha value is -1.38. The van der Waals surface area contributed by atoms with Gasteiger partial charge in [0.1, 0.15) is 5.82 Å². The van der Waals surface area contributed by atoms with E-state index in [4.69, 9.17) is 0 Å². The van der Waals surface area contributed by atoms with Crippen molar-refractivity contribution in [3.05, 3.63) is 35.6 Å². The van der Waals surface area contributed by atoms with E-state index >= 15 is 0 Å². The molecule has 0 bridgehead atoms. The molecule has 75 valence electrons. The molecule has 0 unspecified atom stereocenters. The number of hydrogen-bond donors (Lipinski definition) is 0. The lowest BCUT2D eigenvalue weighted by molar-refractivity contribution is 0.0772. The standard InChI is InChI=1S/C11H13FNO/c1-3-13(4-2)11(14)9-6-5-7-10(12)8-9/h6-8H,3-4H2,1-2H3. The molecule has 0 aromatic heterocycles. The zero-order valence-electron chi connectivity index (χ0n) is 8.38. The van der Waals surface area contributed by atoms with Gasteiger partial charge in [-0.25, -0.2) is 4.39 Å². The van der Waals surface area contributed by atoms with Crippen LogP contribution in [0.2, 0.25) is 0 Å². The Bertz CT molecular complexity index is 321. The van der Waals surface area contributed by atoms with Gasteiger partial charge in [0, 0.05) is 18.7 Å². The maximum atomic E-state index is 12.8. The van der Waals surface area contributed by atoms with Crippen molar-refractivity contribution in [2.75, 3.05) is 13.1 Å². The largest absolute Gasteiger partial charge is 0.339 e. The van der Waals surface area contributed by atoms with Crippen molar-refractivity contribution in [3.63, 3.8) is 0 Å². The van der Waals surface area contributed by atoms with Crippen molar-refractivity contribution in [3.8, 4) is 0 Å². The lowest BCUT2D eigenvalue weighted by atomic mass is 10.2. The number of halogens is 1. The van der Waals surface area contributed by atoms with Gasteiger partial charge in [-0.1, -0.05) is 0 Å². The van der Waals surface area contributed by atoms with Crippen molar-refractivity contribution >= 4 is 5.91 Å². The molecule has 0 atom stereocenters. The molecule has 1 amide bonds. The molecule has 0 aliphatic rings. The molecule has 1 aromatic rings. The summed E-state index contributed by atoms with van der Waals surface area (Å²) in [5.74, 6) is -0.575. The molecular formula is C11H13FNO. The van der Waals surface area contributed by atoms with Gasteiger partial charge in [0.05, 0.1) is 0 Å². The zero-order valence-corrected chi connectivity index (χ0v) is 8.38. The van der Waals surface area contributed by atoms with Crippen LogP contribution in [0.4, 0.5) is 4.39 Å². The van der Waals surface area contributed by atoms with Crippen molar-refractivity contribution in [1.29, 1.82) is 0 Å². The Morgan fingerprint density at radius 2 is 2.07 bits per heavy atom. The molecule has 1 rings (SSSR count). The van der Waals surface area contributed by atoms with E-state index in [9.17, 15) is 9.18 Å². The summed E-state index contributed by atoms with van der Waals surface area (Å²) < 4.78 is 12.8. The molecule has 0 fully saturated rings. The van der Waals surface area contributed by atoms with Gasteiger partial charge >= 0.3 is 0 Å². The minimum absolute atomic E-state index is 0.147. The van der Waals surface area contributed by atoms with Gasteiger partial charge in [0.15, 0.2) is 0 Å². The van der Waals surface area contributed by atoms with Gasteiger partial charge in [-0.05, 0) is 38.1 Å². The van der Waals surface area contributed by atoms with Crippen LogP contribution in [0.15, 0.2) is 18.2 Å². The first-order valence-electron chi connectivity index (χ1n) is 4.65. The van der Waals surface area contributed by atoms with Gasteiger partial charge in [0.2, 0.25) is 0 Å². The predicted molar refractivity (Wildman–Crippen MR) is 52.5 cm³/mol. The minimum Gasteiger partial charge on any atom is -0.339 e. The molecule has 2 nitrogen and oxygen atoms in total. The Balaban J connectivity index is 2.88. The van der Waals surface area contributed by atoms with Crippen LogP contribution in [-0.2, 0) is 0 Å². The van der Waals surface area contributed by atoms with E-state index in [0.717, 1.165) is 0 Å². The Labute approximate surface area is 83.3 Å². The predicted octanol–water partition coefficient (Wildman–Crippen LogP) is 2.11. The highest BCUT2D eigenvalue weighted by molar-refractivity contribution is 5.94. The number of carbonyl (C=O) groups is 1. The van der Waals surface area contributed by atoms with E-state index in [0.29, 0.717) is 18.7 Å². The molecule has 0 saturated heterocycles. The number of rotatable bonds is 3. The number of amides is 1. The number of nitrogens with zero attached hydrogens (tertiary/aromatic N) is 1. The molecule has 0 heterocycles. The fourth-order valence-corrected chi connectivity index (χ4v) is 1.26. The van der Waals surface area contributed by atoms with Crippen LogP contribution in [0, 0.1) is 11.9 Å². The minimum atomic E-state index is -0.428. The van der Waals surface area contributed by atoms with Crippen LogP contribution in [0.1, 0.15) is 24.2 Å². The van der Waals surface area contributed by atoms with Gasteiger partial charge in [0.25, 0.3) is 5.91 Å². The van der Waals surface area contributed by atoms with Crippen molar-refractivity contribution in [2.45, 2.75) is 13.8 Å². The first kappa shape index (κ1) is 10.7. The molecule has 14 heavy (non-hydrogen) atoms. The van der Waals surface area contributed by atoms with Gasteiger partial charge in [-0.2, -0.15) is 0 Å². The molecule has 1 radical (unpaired) electrons. The molecule has 1 aromatic carbocycles. The average molecular weight is 194 g/mol. The van der Waals surface area contributed by atoms with Gasteiger partial charge < -0.3 is 4.90 Å². The average Bonchev–Trinajstić information content (AvgIpc) is 2.19. The van der Waals surface area contributed by atoms with Crippen molar-refractivity contribution in [2.24, 2.45) is 0 Å². The smallest absolute Gasteiger partial charge is 0.253 e. The summed E-state index contributed by atoms with van der Waals surface area (Å²) in [6, 6.07) is 6.54. The first-order chi connectivity index (χ1) is 6.69. The Morgan fingerprint density at radius 3 is 2.57 bits per heavy atom. The summed E-state index contributed by atoms with van der Waals surface area (Å²) in [5.41, 5.74) is 0.355. The molecule has 0 saturated carbocycles. The van der Waals surface area contributed by atoms with E-state index in [1.54, 1.807) is 4.90 Å². The maximum absolute atomic E-state index is 12.8. The second kappa shape index (κ2) is 4.74. The second-order valence-electron chi connectivity index (χ2n) is 2.92. The van der Waals surface area contributed by atoms with Crippen LogP contribution in [0.5, 0.6) is 0 Å². The monoisotopic (exact) mass is 194 g/mol. The molecule has 0 N–H and O–H groups in total. The highest BCUT2D eigenvalue weighted by Crippen LogP contribution is 2.06. The zero-order chi connectivity index (χ0) is 10.6. The summed E-state index contributed by atoms with van der Waals surface area (Å²) in [7, 11) is 0. The summed E-state index contributed by atoms with van der Waals surface area (Å²) in [5, 5.41) is 0. The second-order valence-corrected chi connectivity index (χ2v) is 2.92. The van der Waals surface area contributed by atoms with E-state index in [2.05, 4.69) is 6.07 Å². The highest BCUT2D eigenvalue weighted by Gasteiger charge is 2.12. The Kier molecular flexibility index (Phi) is 3.63. The first-order valence-corrected chi connectivity index (χ1v) is 4.65. The summed E-state index contributed by atoms with van der Waals surface area (Å²) in [6.45, 7) is 5.05. The fourth-order valence-electron chi connectivity index (χ4n) is 1.26. The quantitative estimate of drug-likeness (QED) is 0.721. The number of hydrogen-bond acceptors (Lipinski definition) is 1. The highest BCUT2D eigenvalue weighted by atomic mass is 19.1. The van der Waals surface area contributed by atoms with E-state index in [1.165, 1.54) is 18.2 Å². The Morgan fingerprint density at radius 1 is 1.43 bits per heavy atom. The lowest BCUT2D eigenvalue weighted by Gasteiger charge is -2.18. The van der Waals surface area contributed by atoms with Gasteiger partial charge in [-0.15, -0.1) is 0 Å². The van der Waals surface area contributed by atoms with Crippen LogP contribution in [0.25, 0.3) is 0 Å². The van der Waals surface area contributed by atoms with Crippen LogP contribution in [-0.4, -0.2) is 23.9 Å².